The summed E-state index contributed by atoms with van der Waals surface area (Å²) >= 11 is 0. The van der Waals surface area contributed by atoms with Gasteiger partial charge in [-0.05, 0) is 30.9 Å². The number of carbonyl (C=O) groups excluding carboxylic acids is 1. The average Bonchev–Trinajstić information content (AvgIpc) is 2.52. The summed E-state index contributed by atoms with van der Waals surface area (Å²) in [5.41, 5.74) is 0.277. The molecule has 1 aromatic carbocycles. The molecule has 1 aliphatic carbocycles. The number of hydrogen-bond donors (Lipinski definition) is 2. The van der Waals surface area contributed by atoms with E-state index in [2.05, 4.69) is 17.6 Å². The van der Waals surface area contributed by atoms with Gasteiger partial charge < -0.3 is 15.4 Å². The van der Waals surface area contributed by atoms with Gasteiger partial charge in [-0.3, -0.25) is 0 Å². The first kappa shape index (κ1) is 18.7. The molecule has 0 saturated heterocycles. The Morgan fingerprint density at radius 2 is 1.96 bits per heavy atom. The molecule has 1 aromatic rings. The van der Waals surface area contributed by atoms with Gasteiger partial charge in [0.15, 0.2) is 9.84 Å². The van der Waals surface area contributed by atoms with Gasteiger partial charge in [0, 0.05) is 12.8 Å². The first-order valence-electron chi connectivity index (χ1n) is 8.33. The molecule has 24 heavy (non-hydrogen) atoms. The predicted octanol–water partition coefficient (Wildman–Crippen LogP) is 2.81. The van der Waals surface area contributed by atoms with Crippen molar-refractivity contribution in [3.8, 4) is 0 Å². The molecular weight excluding hydrogens is 328 g/mol. The molecule has 134 valence electrons. The van der Waals surface area contributed by atoms with Crippen molar-refractivity contribution < 1.29 is 17.9 Å². The first-order valence-corrected chi connectivity index (χ1v) is 10.2. The largest absolute Gasteiger partial charge is 0.376 e. The summed E-state index contributed by atoms with van der Waals surface area (Å²) in [6.07, 6.45) is 6.13. The molecule has 0 aliphatic heterocycles. The van der Waals surface area contributed by atoms with Gasteiger partial charge in [0.25, 0.3) is 0 Å². The van der Waals surface area contributed by atoms with Crippen LogP contribution in [0.15, 0.2) is 29.2 Å². The van der Waals surface area contributed by atoms with Gasteiger partial charge in [0.2, 0.25) is 0 Å². The highest BCUT2D eigenvalue weighted by atomic mass is 32.2. The van der Waals surface area contributed by atoms with Crippen LogP contribution in [0.25, 0.3) is 0 Å². The maximum atomic E-state index is 11.9. The first-order chi connectivity index (χ1) is 11.4. The second-order valence-electron chi connectivity index (χ2n) is 6.32. The molecule has 0 spiro atoms. The second-order valence-corrected chi connectivity index (χ2v) is 8.30. The fourth-order valence-electron chi connectivity index (χ4n) is 2.96. The van der Waals surface area contributed by atoms with Crippen molar-refractivity contribution >= 4 is 21.6 Å². The maximum Gasteiger partial charge on any atom is 0.319 e. The number of ether oxygens (including phenoxy) is 1. The van der Waals surface area contributed by atoms with E-state index >= 15 is 0 Å². The minimum atomic E-state index is -3.39. The molecular formula is C17H26N2O4S. The zero-order valence-electron chi connectivity index (χ0n) is 14.2. The van der Waals surface area contributed by atoms with E-state index in [-0.39, 0.29) is 16.7 Å². The third-order valence-electron chi connectivity index (χ3n) is 4.29. The van der Waals surface area contributed by atoms with Crippen molar-refractivity contribution in [3.05, 3.63) is 24.3 Å². The highest BCUT2D eigenvalue weighted by Gasteiger charge is 2.21. The summed E-state index contributed by atoms with van der Waals surface area (Å²) in [5, 5.41) is 5.27. The van der Waals surface area contributed by atoms with Crippen LogP contribution in [0.2, 0.25) is 0 Å². The minimum absolute atomic E-state index is 0.104. The molecule has 0 bridgehead atoms. The van der Waals surface area contributed by atoms with Crippen LogP contribution >= 0.6 is 0 Å². The fourth-order valence-corrected chi connectivity index (χ4v) is 3.81. The van der Waals surface area contributed by atoms with Crippen LogP contribution in [-0.2, 0) is 14.6 Å². The van der Waals surface area contributed by atoms with Crippen molar-refractivity contribution in [2.75, 3.05) is 24.7 Å². The van der Waals surface area contributed by atoms with E-state index in [4.69, 9.17) is 4.74 Å². The Bertz CT molecular complexity index is 660. The Morgan fingerprint density at radius 3 is 2.67 bits per heavy atom. The monoisotopic (exact) mass is 354 g/mol. The Balaban J connectivity index is 1.78. The molecule has 0 unspecified atom stereocenters. The van der Waals surface area contributed by atoms with Crippen LogP contribution in [0.5, 0.6) is 0 Å². The molecule has 2 amide bonds. The molecule has 7 heteroatoms. The van der Waals surface area contributed by atoms with Crippen LogP contribution < -0.4 is 10.6 Å². The van der Waals surface area contributed by atoms with Gasteiger partial charge in [-0.25, -0.2) is 13.2 Å². The number of anilines is 1. The van der Waals surface area contributed by atoms with E-state index in [0.29, 0.717) is 19.1 Å². The van der Waals surface area contributed by atoms with Gasteiger partial charge in [-0.15, -0.1) is 0 Å². The molecule has 0 radical (unpaired) electrons. The number of carbonyl (C=O) groups is 1. The lowest BCUT2D eigenvalue weighted by Crippen LogP contribution is -2.34. The predicted molar refractivity (Wildman–Crippen MR) is 93.9 cm³/mol. The fraction of sp³-hybridized carbons (Fsp3) is 0.588. The zero-order valence-corrected chi connectivity index (χ0v) is 15.1. The zero-order chi connectivity index (χ0) is 17.6. The van der Waals surface area contributed by atoms with Gasteiger partial charge in [-0.2, -0.15) is 0 Å². The number of urea groups is 1. The molecule has 2 rings (SSSR count). The van der Waals surface area contributed by atoms with E-state index in [1.54, 1.807) is 18.2 Å². The van der Waals surface area contributed by atoms with Crippen LogP contribution in [0.1, 0.15) is 32.6 Å². The molecule has 2 N–H and O–H groups in total. The quantitative estimate of drug-likeness (QED) is 0.769. The van der Waals surface area contributed by atoms with Crippen molar-refractivity contribution in [1.82, 2.24) is 5.32 Å². The van der Waals surface area contributed by atoms with Crippen LogP contribution in [-0.4, -0.2) is 40.0 Å². The Morgan fingerprint density at radius 1 is 1.25 bits per heavy atom. The summed E-state index contributed by atoms with van der Waals surface area (Å²) in [5.74, 6) is 0.564. The van der Waals surface area contributed by atoms with E-state index in [0.717, 1.165) is 12.7 Å². The van der Waals surface area contributed by atoms with Crippen molar-refractivity contribution in [3.63, 3.8) is 0 Å². The third-order valence-corrected chi connectivity index (χ3v) is 5.44. The van der Waals surface area contributed by atoms with E-state index < -0.39 is 15.9 Å². The van der Waals surface area contributed by atoms with Gasteiger partial charge in [0.05, 0.1) is 23.3 Å². The Labute approximate surface area is 143 Å². The van der Waals surface area contributed by atoms with Gasteiger partial charge in [0.1, 0.15) is 0 Å². The summed E-state index contributed by atoms with van der Waals surface area (Å²) in [7, 11) is -3.39. The maximum absolute atomic E-state index is 11.9. The number of sulfone groups is 1. The summed E-state index contributed by atoms with van der Waals surface area (Å²) in [4.78, 5) is 12.0. The average molecular weight is 354 g/mol. The molecule has 1 aliphatic rings. The van der Waals surface area contributed by atoms with Crippen LogP contribution in [0, 0.1) is 5.92 Å². The number of para-hydroxylation sites is 1. The lowest BCUT2D eigenvalue weighted by atomic mass is 9.88. The summed E-state index contributed by atoms with van der Waals surface area (Å²) in [6, 6.07) is 5.90. The van der Waals surface area contributed by atoms with Gasteiger partial charge >= 0.3 is 6.03 Å². The van der Waals surface area contributed by atoms with E-state index in [9.17, 15) is 13.2 Å². The highest BCUT2D eigenvalue weighted by Crippen LogP contribution is 2.26. The second kappa shape index (κ2) is 8.48. The lowest BCUT2D eigenvalue weighted by molar-refractivity contribution is -0.00232. The molecule has 2 atom stereocenters. The molecule has 1 saturated carbocycles. The van der Waals surface area contributed by atoms with E-state index in [1.807, 2.05) is 0 Å². The number of rotatable bonds is 6. The Hall–Kier alpha value is -1.60. The standard InChI is InChI=1S/C17H26N2O4S/c1-13-7-3-5-9-15(13)23-12-11-18-17(20)19-14-8-4-6-10-16(14)24(2,21)22/h4,6,8,10,13,15H,3,5,7,9,11-12H2,1-2H3,(H2,18,19,20)/t13-,15+/m0/s1. The number of hydrogen-bond acceptors (Lipinski definition) is 4. The Kier molecular flexibility index (Phi) is 6.62. The number of benzene rings is 1. The normalized spacial score (nSPS) is 21.2. The molecule has 1 fully saturated rings. The third kappa shape index (κ3) is 5.49. The number of nitrogens with one attached hydrogen (secondary N) is 2. The topological polar surface area (TPSA) is 84.5 Å². The van der Waals surface area contributed by atoms with Crippen molar-refractivity contribution in [2.45, 2.75) is 43.6 Å². The van der Waals surface area contributed by atoms with Crippen molar-refractivity contribution in [1.29, 1.82) is 0 Å². The van der Waals surface area contributed by atoms with E-state index in [1.165, 1.54) is 25.3 Å². The lowest BCUT2D eigenvalue weighted by Gasteiger charge is -2.28. The van der Waals surface area contributed by atoms with Gasteiger partial charge in [-0.1, -0.05) is 31.9 Å². The summed E-state index contributed by atoms with van der Waals surface area (Å²) in [6.45, 7) is 3.04. The summed E-state index contributed by atoms with van der Waals surface area (Å²) < 4.78 is 29.3. The number of amides is 2. The molecule has 0 heterocycles. The smallest absolute Gasteiger partial charge is 0.319 e. The minimum Gasteiger partial charge on any atom is -0.376 e. The molecule has 6 nitrogen and oxygen atoms in total. The highest BCUT2D eigenvalue weighted by molar-refractivity contribution is 7.90. The molecule has 0 aromatic heterocycles. The van der Waals surface area contributed by atoms with Crippen LogP contribution in [0.3, 0.4) is 0 Å². The van der Waals surface area contributed by atoms with Crippen molar-refractivity contribution in [2.24, 2.45) is 5.92 Å². The SMILES string of the molecule is C[C@H]1CCCC[C@H]1OCCNC(=O)Nc1ccccc1S(C)(=O)=O. The van der Waals surface area contributed by atoms with Crippen LogP contribution in [0.4, 0.5) is 10.5 Å².